The van der Waals surface area contributed by atoms with Gasteiger partial charge in [-0.05, 0) is 35.2 Å². The number of nitrogens with one attached hydrogen (secondary N) is 1. The molecule has 0 spiro atoms. The van der Waals surface area contributed by atoms with Crippen molar-refractivity contribution in [2.24, 2.45) is 10.7 Å². The summed E-state index contributed by atoms with van der Waals surface area (Å²) in [6, 6.07) is 2.70. The minimum absolute atomic E-state index is 0.445. The number of aliphatic imine (C=N–C) groups is 1. The van der Waals surface area contributed by atoms with E-state index in [2.05, 4.69) is 34.1 Å². The second-order valence-corrected chi connectivity index (χ2v) is 6.30. The lowest BCUT2D eigenvalue weighted by Crippen LogP contribution is -2.40. The fraction of sp³-hybridized carbons (Fsp3) is 0.667. The lowest BCUT2D eigenvalue weighted by molar-refractivity contribution is 0.529. The van der Waals surface area contributed by atoms with Gasteiger partial charge in [-0.3, -0.25) is 4.99 Å². The van der Waals surface area contributed by atoms with Gasteiger partial charge >= 0.3 is 0 Å². The summed E-state index contributed by atoms with van der Waals surface area (Å²) in [7, 11) is 0. The summed E-state index contributed by atoms with van der Waals surface area (Å²) in [5.41, 5.74) is 7.36. The largest absolute Gasteiger partial charge is 0.370 e. The predicted molar refractivity (Wildman–Crippen MR) is 83.8 cm³/mol. The number of hydrogen-bond acceptors (Lipinski definition) is 2. The Kier molecular flexibility index (Phi) is 5.70. The Morgan fingerprint density at radius 2 is 2.16 bits per heavy atom. The molecule has 0 bridgehead atoms. The highest BCUT2D eigenvalue weighted by Gasteiger charge is 2.12. The molecule has 0 amide bonds. The van der Waals surface area contributed by atoms with Crippen LogP contribution in [0.4, 0.5) is 0 Å². The first kappa shape index (κ1) is 14.4. The van der Waals surface area contributed by atoms with Crippen LogP contribution in [0.1, 0.15) is 56.9 Å². The zero-order valence-corrected chi connectivity index (χ0v) is 12.6. The van der Waals surface area contributed by atoms with Crippen LogP contribution >= 0.6 is 11.3 Å². The number of thiophene rings is 1. The summed E-state index contributed by atoms with van der Waals surface area (Å²) >= 11 is 1.74. The van der Waals surface area contributed by atoms with E-state index < -0.39 is 0 Å². The topological polar surface area (TPSA) is 50.4 Å². The zero-order valence-electron chi connectivity index (χ0n) is 11.8. The average molecular weight is 279 g/mol. The van der Waals surface area contributed by atoms with E-state index in [-0.39, 0.29) is 0 Å². The molecule has 1 aliphatic carbocycles. The molecule has 1 saturated carbocycles. The Labute approximate surface area is 120 Å². The van der Waals surface area contributed by atoms with Gasteiger partial charge in [-0.1, -0.05) is 32.6 Å². The standard InChI is InChI=1S/C15H25N3S/c1-12(13-8-9-19-11-13)10-17-15(16)18-14-6-4-2-3-5-7-14/h8-9,11-12,14H,2-7,10H2,1H3,(H3,16,17,18). The number of nitrogens with zero attached hydrogens (tertiary/aromatic N) is 1. The lowest BCUT2D eigenvalue weighted by Gasteiger charge is -2.17. The molecule has 1 atom stereocenters. The van der Waals surface area contributed by atoms with Gasteiger partial charge in [0.2, 0.25) is 0 Å². The number of rotatable bonds is 4. The van der Waals surface area contributed by atoms with E-state index in [9.17, 15) is 0 Å². The summed E-state index contributed by atoms with van der Waals surface area (Å²) in [4.78, 5) is 4.49. The quantitative estimate of drug-likeness (QED) is 0.503. The molecule has 3 N–H and O–H groups in total. The molecular weight excluding hydrogens is 254 g/mol. The van der Waals surface area contributed by atoms with E-state index in [0.717, 1.165) is 6.54 Å². The van der Waals surface area contributed by atoms with E-state index in [0.29, 0.717) is 17.9 Å². The van der Waals surface area contributed by atoms with Gasteiger partial charge in [-0.2, -0.15) is 11.3 Å². The second-order valence-electron chi connectivity index (χ2n) is 5.52. The summed E-state index contributed by atoms with van der Waals surface area (Å²) < 4.78 is 0. The number of nitrogens with two attached hydrogens (primary N) is 1. The molecule has 1 aromatic heterocycles. The van der Waals surface area contributed by atoms with Crippen molar-refractivity contribution >= 4 is 17.3 Å². The Balaban J connectivity index is 1.78. The van der Waals surface area contributed by atoms with Crippen LogP contribution in [0.15, 0.2) is 21.8 Å². The fourth-order valence-electron chi connectivity index (χ4n) is 2.57. The monoisotopic (exact) mass is 279 g/mol. The first-order chi connectivity index (χ1) is 9.25. The van der Waals surface area contributed by atoms with Gasteiger partial charge < -0.3 is 11.1 Å². The van der Waals surface area contributed by atoms with Gasteiger partial charge in [0, 0.05) is 18.5 Å². The van der Waals surface area contributed by atoms with Crippen LogP contribution in [0.5, 0.6) is 0 Å². The van der Waals surface area contributed by atoms with Crippen molar-refractivity contribution in [3.05, 3.63) is 22.4 Å². The predicted octanol–water partition coefficient (Wildman–Crippen LogP) is 3.48. The van der Waals surface area contributed by atoms with Crippen molar-refractivity contribution in [3.63, 3.8) is 0 Å². The highest BCUT2D eigenvalue weighted by molar-refractivity contribution is 7.07. The molecule has 0 aliphatic heterocycles. The molecule has 3 nitrogen and oxygen atoms in total. The SMILES string of the molecule is CC(CN=C(N)NC1CCCCCC1)c1ccsc1. The molecule has 19 heavy (non-hydrogen) atoms. The van der Waals surface area contributed by atoms with Gasteiger partial charge in [0.25, 0.3) is 0 Å². The average Bonchev–Trinajstić information content (AvgIpc) is 2.82. The molecule has 1 unspecified atom stereocenters. The molecule has 0 radical (unpaired) electrons. The van der Waals surface area contributed by atoms with Crippen molar-refractivity contribution in [3.8, 4) is 0 Å². The van der Waals surface area contributed by atoms with Crippen LogP contribution in [-0.4, -0.2) is 18.5 Å². The maximum atomic E-state index is 6.00. The molecule has 4 heteroatoms. The lowest BCUT2D eigenvalue weighted by atomic mass is 10.1. The molecular formula is C15H25N3S. The van der Waals surface area contributed by atoms with Crippen molar-refractivity contribution in [2.75, 3.05) is 6.54 Å². The van der Waals surface area contributed by atoms with Gasteiger partial charge in [0.15, 0.2) is 5.96 Å². The Hall–Kier alpha value is -1.03. The van der Waals surface area contributed by atoms with Crippen LogP contribution in [0, 0.1) is 0 Å². The van der Waals surface area contributed by atoms with Crippen molar-refractivity contribution in [1.29, 1.82) is 0 Å². The minimum atomic E-state index is 0.445. The number of hydrogen-bond donors (Lipinski definition) is 2. The molecule has 1 heterocycles. The van der Waals surface area contributed by atoms with Crippen LogP contribution < -0.4 is 11.1 Å². The van der Waals surface area contributed by atoms with E-state index in [4.69, 9.17) is 5.73 Å². The van der Waals surface area contributed by atoms with Crippen LogP contribution in [0.3, 0.4) is 0 Å². The molecule has 0 saturated heterocycles. The first-order valence-electron chi connectivity index (χ1n) is 7.34. The van der Waals surface area contributed by atoms with Gasteiger partial charge in [0.1, 0.15) is 0 Å². The minimum Gasteiger partial charge on any atom is -0.370 e. The van der Waals surface area contributed by atoms with E-state index in [1.165, 1.54) is 44.1 Å². The fourth-order valence-corrected chi connectivity index (χ4v) is 3.36. The molecule has 1 aliphatic rings. The molecule has 106 valence electrons. The van der Waals surface area contributed by atoms with Gasteiger partial charge in [0.05, 0.1) is 0 Å². The molecule has 1 fully saturated rings. The van der Waals surface area contributed by atoms with Gasteiger partial charge in [-0.15, -0.1) is 0 Å². The molecule has 2 rings (SSSR count). The van der Waals surface area contributed by atoms with E-state index in [1.807, 2.05) is 0 Å². The summed E-state index contributed by atoms with van der Waals surface area (Å²) in [5.74, 6) is 1.06. The Morgan fingerprint density at radius 3 is 2.79 bits per heavy atom. The van der Waals surface area contributed by atoms with Crippen molar-refractivity contribution in [1.82, 2.24) is 5.32 Å². The van der Waals surface area contributed by atoms with E-state index in [1.54, 1.807) is 11.3 Å². The molecule has 1 aromatic rings. The third-order valence-electron chi connectivity index (χ3n) is 3.85. The maximum absolute atomic E-state index is 6.00. The van der Waals surface area contributed by atoms with Gasteiger partial charge in [-0.25, -0.2) is 0 Å². The first-order valence-corrected chi connectivity index (χ1v) is 8.28. The Morgan fingerprint density at radius 1 is 1.42 bits per heavy atom. The highest BCUT2D eigenvalue weighted by Crippen LogP contribution is 2.19. The van der Waals surface area contributed by atoms with Crippen LogP contribution in [0.2, 0.25) is 0 Å². The maximum Gasteiger partial charge on any atom is 0.188 e. The highest BCUT2D eigenvalue weighted by atomic mass is 32.1. The number of guanidine groups is 1. The summed E-state index contributed by atoms with van der Waals surface area (Å²) in [5, 5.41) is 7.69. The van der Waals surface area contributed by atoms with Crippen molar-refractivity contribution < 1.29 is 0 Å². The second kappa shape index (κ2) is 7.53. The third-order valence-corrected chi connectivity index (χ3v) is 4.56. The molecule has 0 aromatic carbocycles. The van der Waals surface area contributed by atoms with Crippen LogP contribution in [0.25, 0.3) is 0 Å². The summed E-state index contributed by atoms with van der Waals surface area (Å²) in [6.07, 6.45) is 7.83. The smallest absolute Gasteiger partial charge is 0.188 e. The van der Waals surface area contributed by atoms with Crippen LogP contribution in [-0.2, 0) is 0 Å². The Bertz CT molecular complexity index is 378. The summed E-state index contributed by atoms with van der Waals surface area (Å²) in [6.45, 7) is 2.97. The normalized spacial score (nSPS) is 19.9. The van der Waals surface area contributed by atoms with E-state index >= 15 is 0 Å². The zero-order chi connectivity index (χ0) is 13.5. The van der Waals surface area contributed by atoms with Crippen molar-refractivity contribution in [2.45, 2.75) is 57.4 Å². The third kappa shape index (κ3) is 4.86.